The van der Waals surface area contributed by atoms with Crippen molar-refractivity contribution in [1.29, 1.82) is 0 Å². The Balaban J connectivity index is 1.12. The standard InChI is InChI=1S/C45H29N3O/c1-3-12-30(13-4-1)34-16-9-17-35(28-34)36-18-10-19-37(29-36)45-47-43(32-14-5-2-6-15-32)46-44(48-45)33-26-24-31(25-27-33)38-21-11-23-41-42(38)39-20-7-8-22-40(39)49-41/h1-29H. The van der Waals surface area contributed by atoms with E-state index >= 15 is 0 Å². The molecule has 7 aromatic carbocycles. The molecule has 49 heavy (non-hydrogen) atoms. The van der Waals surface area contributed by atoms with Crippen LogP contribution < -0.4 is 0 Å². The van der Waals surface area contributed by atoms with Crippen LogP contribution in [0.25, 0.3) is 89.5 Å². The average molecular weight is 628 g/mol. The first-order valence-electron chi connectivity index (χ1n) is 16.4. The molecule has 2 aromatic heterocycles. The fraction of sp³-hybridized carbons (Fsp3) is 0. The van der Waals surface area contributed by atoms with E-state index in [4.69, 9.17) is 19.4 Å². The second kappa shape index (κ2) is 12.2. The topological polar surface area (TPSA) is 51.8 Å². The van der Waals surface area contributed by atoms with E-state index in [1.807, 2.05) is 60.7 Å². The lowest BCUT2D eigenvalue weighted by molar-refractivity contribution is 0.669. The lowest BCUT2D eigenvalue weighted by Gasteiger charge is -2.11. The molecule has 0 saturated carbocycles. The summed E-state index contributed by atoms with van der Waals surface area (Å²) in [5.41, 5.74) is 11.4. The third-order valence-corrected chi connectivity index (χ3v) is 8.95. The Morgan fingerprint density at radius 3 is 1.45 bits per heavy atom. The lowest BCUT2D eigenvalue weighted by Crippen LogP contribution is -2.00. The molecule has 230 valence electrons. The van der Waals surface area contributed by atoms with Gasteiger partial charge in [0.15, 0.2) is 17.5 Å². The predicted molar refractivity (Wildman–Crippen MR) is 200 cm³/mol. The van der Waals surface area contributed by atoms with Crippen LogP contribution in [0.2, 0.25) is 0 Å². The molecule has 0 atom stereocenters. The highest BCUT2D eigenvalue weighted by atomic mass is 16.3. The number of hydrogen-bond acceptors (Lipinski definition) is 4. The van der Waals surface area contributed by atoms with E-state index in [1.165, 1.54) is 11.1 Å². The summed E-state index contributed by atoms with van der Waals surface area (Å²) < 4.78 is 6.15. The van der Waals surface area contributed by atoms with Crippen LogP contribution in [0.15, 0.2) is 180 Å². The molecule has 0 aliphatic carbocycles. The van der Waals surface area contributed by atoms with E-state index in [9.17, 15) is 0 Å². The number of fused-ring (bicyclic) bond motifs is 3. The lowest BCUT2D eigenvalue weighted by atomic mass is 9.98. The first kappa shape index (κ1) is 28.6. The quantitative estimate of drug-likeness (QED) is 0.184. The van der Waals surface area contributed by atoms with Crippen molar-refractivity contribution in [1.82, 2.24) is 15.0 Å². The summed E-state index contributed by atoms with van der Waals surface area (Å²) >= 11 is 0. The SMILES string of the molecule is c1ccc(-c2cccc(-c3cccc(-c4nc(-c5ccccc5)nc(-c5ccc(-c6cccc7oc8ccccc8c67)cc5)n4)c3)c2)cc1. The monoisotopic (exact) mass is 627 g/mol. The fourth-order valence-electron chi connectivity index (χ4n) is 6.51. The van der Waals surface area contributed by atoms with E-state index in [0.29, 0.717) is 17.5 Å². The highest BCUT2D eigenvalue weighted by molar-refractivity contribution is 6.12. The number of rotatable bonds is 6. The molecule has 0 saturated heterocycles. The number of hydrogen-bond donors (Lipinski definition) is 0. The minimum absolute atomic E-state index is 0.624. The summed E-state index contributed by atoms with van der Waals surface area (Å²) in [6.45, 7) is 0. The number of para-hydroxylation sites is 1. The highest BCUT2D eigenvalue weighted by Crippen LogP contribution is 2.37. The van der Waals surface area contributed by atoms with Gasteiger partial charge in [-0.15, -0.1) is 0 Å². The third kappa shape index (κ3) is 5.45. The van der Waals surface area contributed by atoms with Crippen LogP contribution >= 0.6 is 0 Å². The van der Waals surface area contributed by atoms with Crippen molar-refractivity contribution in [2.45, 2.75) is 0 Å². The molecule has 0 amide bonds. The molecule has 0 spiro atoms. The molecule has 0 bridgehead atoms. The predicted octanol–water partition coefficient (Wildman–Crippen LogP) is 11.8. The van der Waals surface area contributed by atoms with Gasteiger partial charge >= 0.3 is 0 Å². The second-order valence-electron chi connectivity index (χ2n) is 12.1. The average Bonchev–Trinajstić information content (AvgIpc) is 3.58. The Bertz CT molecular complexity index is 2590. The minimum Gasteiger partial charge on any atom is -0.456 e. The van der Waals surface area contributed by atoms with Crippen molar-refractivity contribution in [3.8, 4) is 67.5 Å². The first-order valence-corrected chi connectivity index (χ1v) is 16.4. The Morgan fingerprint density at radius 1 is 0.306 bits per heavy atom. The molecule has 0 aliphatic rings. The maximum Gasteiger partial charge on any atom is 0.164 e. The number of aromatic nitrogens is 3. The van der Waals surface area contributed by atoms with E-state index in [2.05, 4.69) is 115 Å². The molecule has 4 heteroatoms. The highest BCUT2D eigenvalue weighted by Gasteiger charge is 2.15. The number of nitrogens with zero attached hydrogens (tertiary/aromatic N) is 3. The molecular formula is C45H29N3O. The van der Waals surface area contributed by atoms with Gasteiger partial charge < -0.3 is 4.42 Å². The van der Waals surface area contributed by atoms with Crippen LogP contribution in [0.1, 0.15) is 0 Å². The second-order valence-corrected chi connectivity index (χ2v) is 12.1. The van der Waals surface area contributed by atoms with Gasteiger partial charge in [0, 0.05) is 27.5 Å². The van der Waals surface area contributed by atoms with Crippen molar-refractivity contribution < 1.29 is 4.42 Å². The van der Waals surface area contributed by atoms with E-state index in [0.717, 1.165) is 60.9 Å². The number of benzene rings is 7. The molecule has 4 nitrogen and oxygen atoms in total. The van der Waals surface area contributed by atoms with Crippen molar-refractivity contribution in [2.75, 3.05) is 0 Å². The van der Waals surface area contributed by atoms with Gasteiger partial charge in [-0.3, -0.25) is 0 Å². The maximum atomic E-state index is 6.15. The van der Waals surface area contributed by atoms with Crippen LogP contribution in [0.5, 0.6) is 0 Å². The van der Waals surface area contributed by atoms with Gasteiger partial charge in [0.2, 0.25) is 0 Å². The van der Waals surface area contributed by atoms with Crippen molar-refractivity contribution in [3.63, 3.8) is 0 Å². The largest absolute Gasteiger partial charge is 0.456 e. The molecular weight excluding hydrogens is 599 g/mol. The van der Waals surface area contributed by atoms with Gasteiger partial charge in [0.05, 0.1) is 0 Å². The van der Waals surface area contributed by atoms with Gasteiger partial charge in [-0.05, 0) is 57.6 Å². The molecule has 2 heterocycles. The summed E-state index contributed by atoms with van der Waals surface area (Å²) in [5.74, 6) is 1.89. The Hall–Kier alpha value is -6.65. The molecule has 0 aliphatic heterocycles. The minimum atomic E-state index is 0.624. The number of furan rings is 1. The van der Waals surface area contributed by atoms with Crippen LogP contribution in [-0.4, -0.2) is 15.0 Å². The fourth-order valence-corrected chi connectivity index (χ4v) is 6.51. The normalized spacial score (nSPS) is 11.3. The zero-order valence-corrected chi connectivity index (χ0v) is 26.5. The zero-order chi connectivity index (χ0) is 32.6. The smallest absolute Gasteiger partial charge is 0.164 e. The van der Waals surface area contributed by atoms with Crippen LogP contribution in [0.4, 0.5) is 0 Å². The molecule has 0 fully saturated rings. The van der Waals surface area contributed by atoms with Crippen LogP contribution in [-0.2, 0) is 0 Å². The molecule has 9 rings (SSSR count). The van der Waals surface area contributed by atoms with Gasteiger partial charge in [-0.25, -0.2) is 15.0 Å². The summed E-state index contributed by atoms with van der Waals surface area (Å²) in [4.78, 5) is 15.0. The van der Waals surface area contributed by atoms with Crippen molar-refractivity contribution in [3.05, 3.63) is 176 Å². The summed E-state index contributed by atoms with van der Waals surface area (Å²) in [5, 5.41) is 2.23. The van der Waals surface area contributed by atoms with Gasteiger partial charge in [0.25, 0.3) is 0 Å². The summed E-state index contributed by atoms with van der Waals surface area (Å²) in [6.07, 6.45) is 0. The van der Waals surface area contributed by atoms with E-state index in [1.54, 1.807) is 0 Å². The maximum absolute atomic E-state index is 6.15. The van der Waals surface area contributed by atoms with Gasteiger partial charge in [0.1, 0.15) is 11.2 Å². The zero-order valence-electron chi connectivity index (χ0n) is 26.5. The van der Waals surface area contributed by atoms with Crippen LogP contribution in [0.3, 0.4) is 0 Å². The van der Waals surface area contributed by atoms with E-state index in [-0.39, 0.29) is 0 Å². The Labute approximate surface area is 284 Å². The molecule has 0 N–H and O–H groups in total. The Morgan fingerprint density at radius 2 is 0.755 bits per heavy atom. The van der Waals surface area contributed by atoms with Gasteiger partial charge in [-0.2, -0.15) is 0 Å². The van der Waals surface area contributed by atoms with Crippen molar-refractivity contribution >= 4 is 21.9 Å². The third-order valence-electron chi connectivity index (χ3n) is 8.95. The van der Waals surface area contributed by atoms with Gasteiger partial charge in [-0.1, -0.05) is 152 Å². The van der Waals surface area contributed by atoms with Crippen molar-refractivity contribution in [2.24, 2.45) is 0 Å². The molecule has 0 radical (unpaired) electrons. The molecule has 9 aromatic rings. The summed E-state index contributed by atoms with van der Waals surface area (Å²) in [6, 6.07) is 60.5. The van der Waals surface area contributed by atoms with Crippen LogP contribution in [0, 0.1) is 0 Å². The first-order chi connectivity index (χ1) is 24.3. The summed E-state index contributed by atoms with van der Waals surface area (Å²) in [7, 11) is 0. The Kier molecular flexibility index (Phi) is 7.10. The molecule has 0 unspecified atom stereocenters. The van der Waals surface area contributed by atoms with E-state index < -0.39 is 0 Å².